The third-order valence-corrected chi connectivity index (χ3v) is 3.04. The number of anilines is 2. The lowest BCUT2D eigenvalue weighted by Crippen LogP contribution is -2.40. The first-order valence-electron chi connectivity index (χ1n) is 6.16. The first-order chi connectivity index (χ1) is 8.20. The highest BCUT2D eigenvalue weighted by atomic mass is 16.5. The van der Waals surface area contributed by atoms with Gasteiger partial charge < -0.3 is 15.4 Å². The van der Waals surface area contributed by atoms with Gasteiger partial charge in [0.1, 0.15) is 5.82 Å². The third-order valence-electron chi connectivity index (χ3n) is 3.04. The number of nitrogens with two attached hydrogens (primary N) is 1. The van der Waals surface area contributed by atoms with E-state index in [2.05, 4.69) is 14.9 Å². The van der Waals surface area contributed by atoms with Crippen molar-refractivity contribution < 1.29 is 4.74 Å². The molecule has 1 aliphatic heterocycles. The Kier molecular flexibility index (Phi) is 3.78. The van der Waals surface area contributed by atoms with Crippen LogP contribution in [0.3, 0.4) is 0 Å². The van der Waals surface area contributed by atoms with Crippen LogP contribution in [0.4, 0.5) is 11.8 Å². The molecule has 1 atom stereocenters. The van der Waals surface area contributed by atoms with E-state index in [0.29, 0.717) is 12.1 Å². The maximum atomic E-state index is 5.69. The molecule has 0 aromatic carbocycles. The number of aryl methyl sites for hydroxylation is 1. The lowest BCUT2D eigenvalue weighted by atomic mass is 10.1. The second-order valence-corrected chi connectivity index (χ2v) is 4.40. The Hall–Kier alpha value is -1.36. The van der Waals surface area contributed by atoms with Crippen molar-refractivity contribution in [3.8, 4) is 0 Å². The molecule has 0 saturated carbocycles. The zero-order chi connectivity index (χ0) is 12.3. The van der Waals surface area contributed by atoms with Crippen molar-refractivity contribution in [1.29, 1.82) is 0 Å². The summed E-state index contributed by atoms with van der Waals surface area (Å²) in [6, 6.07) is 0. The molecule has 1 aromatic heterocycles. The van der Waals surface area contributed by atoms with Gasteiger partial charge in [-0.25, -0.2) is 4.98 Å². The maximum absolute atomic E-state index is 5.69. The van der Waals surface area contributed by atoms with Gasteiger partial charge in [-0.1, -0.05) is 0 Å². The minimum Gasteiger partial charge on any atom is -0.377 e. The quantitative estimate of drug-likeness (QED) is 0.858. The van der Waals surface area contributed by atoms with E-state index >= 15 is 0 Å². The van der Waals surface area contributed by atoms with Gasteiger partial charge in [-0.15, -0.1) is 0 Å². The number of nitrogens with zero attached hydrogens (tertiary/aromatic N) is 3. The normalized spacial score (nSPS) is 20.6. The molecule has 2 N–H and O–H groups in total. The van der Waals surface area contributed by atoms with Crippen molar-refractivity contribution in [1.82, 2.24) is 9.97 Å². The Labute approximate surface area is 102 Å². The van der Waals surface area contributed by atoms with E-state index in [1.807, 2.05) is 13.8 Å². The minimum atomic E-state index is 0.310. The van der Waals surface area contributed by atoms with Gasteiger partial charge in [0.25, 0.3) is 0 Å². The van der Waals surface area contributed by atoms with Crippen LogP contribution in [-0.4, -0.2) is 35.8 Å². The average molecular weight is 236 g/mol. The maximum Gasteiger partial charge on any atom is 0.221 e. The molecule has 0 spiro atoms. The fourth-order valence-electron chi connectivity index (χ4n) is 2.27. The van der Waals surface area contributed by atoms with Crippen LogP contribution in [0, 0.1) is 6.92 Å². The van der Waals surface area contributed by atoms with Gasteiger partial charge in [0.15, 0.2) is 0 Å². The fraction of sp³-hybridized carbons (Fsp3) is 0.667. The lowest BCUT2D eigenvalue weighted by Gasteiger charge is -2.34. The summed E-state index contributed by atoms with van der Waals surface area (Å²) in [4.78, 5) is 10.6. The first-order valence-corrected chi connectivity index (χ1v) is 6.16. The Morgan fingerprint density at radius 3 is 3.18 bits per heavy atom. The first kappa shape index (κ1) is 12.1. The van der Waals surface area contributed by atoms with Crippen molar-refractivity contribution in [2.75, 3.05) is 30.3 Å². The monoisotopic (exact) mass is 236 g/mol. The smallest absolute Gasteiger partial charge is 0.221 e. The molecule has 0 bridgehead atoms. The molecule has 1 aliphatic rings. The van der Waals surface area contributed by atoms with E-state index in [0.717, 1.165) is 43.9 Å². The Balaban J connectivity index is 2.13. The predicted octanol–water partition coefficient (Wildman–Crippen LogP) is 1.37. The molecule has 2 rings (SSSR count). The highest BCUT2D eigenvalue weighted by Gasteiger charge is 2.22. The van der Waals surface area contributed by atoms with Gasteiger partial charge in [0.05, 0.1) is 6.10 Å². The number of ether oxygens (including phenoxy) is 1. The van der Waals surface area contributed by atoms with E-state index in [9.17, 15) is 0 Å². The summed E-state index contributed by atoms with van der Waals surface area (Å²) >= 11 is 0. The SMILES string of the molecule is CCOC1CCCN(c2nc(N)ncc2C)C1. The third kappa shape index (κ3) is 2.85. The van der Waals surface area contributed by atoms with Crippen LogP contribution in [0.25, 0.3) is 0 Å². The molecule has 1 unspecified atom stereocenters. The molecular formula is C12H20N4O. The van der Waals surface area contributed by atoms with Crippen LogP contribution in [-0.2, 0) is 4.74 Å². The second-order valence-electron chi connectivity index (χ2n) is 4.40. The molecule has 0 aliphatic carbocycles. The van der Waals surface area contributed by atoms with Gasteiger partial charge >= 0.3 is 0 Å². The van der Waals surface area contributed by atoms with E-state index in [1.54, 1.807) is 6.20 Å². The van der Waals surface area contributed by atoms with Gasteiger partial charge in [0.2, 0.25) is 5.95 Å². The Morgan fingerprint density at radius 1 is 1.59 bits per heavy atom. The summed E-state index contributed by atoms with van der Waals surface area (Å²) in [6.45, 7) is 6.72. The number of nitrogen functional groups attached to an aromatic ring is 1. The molecule has 1 saturated heterocycles. The molecule has 94 valence electrons. The van der Waals surface area contributed by atoms with Crippen LogP contribution in [0.1, 0.15) is 25.3 Å². The van der Waals surface area contributed by atoms with Crippen molar-refractivity contribution >= 4 is 11.8 Å². The van der Waals surface area contributed by atoms with Crippen molar-refractivity contribution in [3.05, 3.63) is 11.8 Å². The zero-order valence-corrected chi connectivity index (χ0v) is 10.5. The number of piperidine rings is 1. The molecule has 0 radical (unpaired) electrons. The molecule has 5 nitrogen and oxygen atoms in total. The summed E-state index contributed by atoms with van der Waals surface area (Å²) in [7, 11) is 0. The van der Waals surface area contributed by atoms with Gasteiger partial charge in [-0.2, -0.15) is 4.98 Å². The molecule has 17 heavy (non-hydrogen) atoms. The van der Waals surface area contributed by atoms with Gasteiger partial charge in [-0.3, -0.25) is 0 Å². The Bertz CT molecular complexity index is 381. The topological polar surface area (TPSA) is 64.3 Å². The largest absolute Gasteiger partial charge is 0.377 e. The van der Waals surface area contributed by atoms with Crippen LogP contribution >= 0.6 is 0 Å². The van der Waals surface area contributed by atoms with Gasteiger partial charge in [0, 0.05) is 31.5 Å². The summed E-state index contributed by atoms with van der Waals surface area (Å²) in [5.41, 5.74) is 6.71. The Morgan fingerprint density at radius 2 is 2.41 bits per heavy atom. The van der Waals surface area contributed by atoms with Crippen LogP contribution < -0.4 is 10.6 Å². The predicted molar refractivity (Wildman–Crippen MR) is 68.0 cm³/mol. The minimum absolute atomic E-state index is 0.310. The molecule has 0 amide bonds. The number of aromatic nitrogens is 2. The fourth-order valence-corrected chi connectivity index (χ4v) is 2.27. The van der Waals surface area contributed by atoms with Crippen molar-refractivity contribution in [3.63, 3.8) is 0 Å². The van der Waals surface area contributed by atoms with E-state index in [4.69, 9.17) is 10.5 Å². The molecular weight excluding hydrogens is 216 g/mol. The van der Waals surface area contributed by atoms with E-state index < -0.39 is 0 Å². The zero-order valence-electron chi connectivity index (χ0n) is 10.5. The molecule has 1 fully saturated rings. The summed E-state index contributed by atoms with van der Waals surface area (Å²) in [6.07, 6.45) is 4.35. The summed E-state index contributed by atoms with van der Waals surface area (Å²) in [5, 5.41) is 0. The summed E-state index contributed by atoms with van der Waals surface area (Å²) in [5.74, 6) is 1.28. The highest BCUT2D eigenvalue weighted by molar-refractivity contribution is 5.48. The molecule has 2 heterocycles. The lowest BCUT2D eigenvalue weighted by molar-refractivity contribution is 0.0525. The molecule has 5 heteroatoms. The highest BCUT2D eigenvalue weighted by Crippen LogP contribution is 2.22. The van der Waals surface area contributed by atoms with Crippen molar-refractivity contribution in [2.24, 2.45) is 0 Å². The molecule has 1 aromatic rings. The van der Waals surface area contributed by atoms with Crippen molar-refractivity contribution in [2.45, 2.75) is 32.8 Å². The van der Waals surface area contributed by atoms with Crippen LogP contribution in [0.5, 0.6) is 0 Å². The number of rotatable bonds is 3. The number of hydrogen-bond acceptors (Lipinski definition) is 5. The standard InChI is InChI=1S/C12H20N4O/c1-3-17-10-5-4-6-16(8-10)11-9(2)7-14-12(13)15-11/h7,10H,3-6,8H2,1-2H3,(H2,13,14,15). The number of hydrogen-bond donors (Lipinski definition) is 1. The van der Waals surface area contributed by atoms with Crippen LogP contribution in [0.15, 0.2) is 6.20 Å². The van der Waals surface area contributed by atoms with E-state index in [-0.39, 0.29) is 0 Å². The average Bonchev–Trinajstić information content (AvgIpc) is 2.33. The van der Waals surface area contributed by atoms with Crippen LogP contribution in [0.2, 0.25) is 0 Å². The second kappa shape index (κ2) is 5.31. The summed E-state index contributed by atoms with van der Waals surface area (Å²) < 4.78 is 5.69. The van der Waals surface area contributed by atoms with Gasteiger partial charge in [-0.05, 0) is 26.7 Å². The van der Waals surface area contributed by atoms with E-state index in [1.165, 1.54) is 0 Å².